The van der Waals surface area contributed by atoms with E-state index in [4.69, 9.17) is 0 Å². The molecule has 20 heavy (non-hydrogen) atoms. The molecule has 0 spiro atoms. The number of hydrogen-bond acceptors (Lipinski definition) is 2. The Hall–Kier alpha value is -1.35. The average molecular weight is 274 g/mol. The molecule has 0 atom stereocenters. The van der Waals surface area contributed by atoms with Gasteiger partial charge in [-0.2, -0.15) is 0 Å². The standard InChI is InChI=1S/C17H26N2O/c1-13(2)15-6-4-14(5-7-15)12-19(16-8-9-16)17(20)10-11-18-3/h4-7,13,16,18H,8-12H2,1-3H3. The van der Waals surface area contributed by atoms with E-state index in [1.807, 2.05) is 7.05 Å². The van der Waals surface area contributed by atoms with Crippen molar-refractivity contribution in [1.29, 1.82) is 0 Å². The van der Waals surface area contributed by atoms with Gasteiger partial charge >= 0.3 is 0 Å². The maximum absolute atomic E-state index is 12.2. The van der Waals surface area contributed by atoms with Gasteiger partial charge in [0.05, 0.1) is 0 Å². The number of nitrogens with zero attached hydrogens (tertiary/aromatic N) is 1. The molecule has 1 saturated carbocycles. The van der Waals surface area contributed by atoms with E-state index in [1.54, 1.807) is 0 Å². The van der Waals surface area contributed by atoms with Gasteiger partial charge in [0.1, 0.15) is 0 Å². The summed E-state index contributed by atoms with van der Waals surface area (Å²) in [6.07, 6.45) is 2.92. The van der Waals surface area contributed by atoms with Crippen LogP contribution < -0.4 is 5.32 Å². The van der Waals surface area contributed by atoms with E-state index in [0.717, 1.165) is 25.9 Å². The Labute approximate surface area is 122 Å². The quantitative estimate of drug-likeness (QED) is 0.829. The van der Waals surface area contributed by atoms with E-state index in [-0.39, 0.29) is 5.91 Å². The molecule has 3 nitrogen and oxygen atoms in total. The molecule has 110 valence electrons. The molecule has 1 amide bonds. The number of carbonyl (C=O) groups excluding carboxylic acids is 1. The maximum atomic E-state index is 12.2. The Kier molecular flexibility index (Phi) is 5.18. The lowest BCUT2D eigenvalue weighted by molar-refractivity contribution is -0.132. The van der Waals surface area contributed by atoms with E-state index >= 15 is 0 Å². The normalized spacial score (nSPS) is 14.6. The summed E-state index contributed by atoms with van der Waals surface area (Å²) >= 11 is 0. The van der Waals surface area contributed by atoms with Crippen molar-refractivity contribution >= 4 is 5.91 Å². The van der Waals surface area contributed by atoms with Gasteiger partial charge in [-0.15, -0.1) is 0 Å². The maximum Gasteiger partial charge on any atom is 0.224 e. The average Bonchev–Trinajstić information content (AvgIpc) is 3.27. The lowest BCUT2D eigenvalue weighted by Gasteiger charge is -2.23. The Morgan fingerprint density at radius 1 is 1.30 bits per heavy atom. The smallest absolute Gasteiger partial charge is 0.224 e. The number of benzene rings is 1. The van der Waals surface area contributed by atoms with Crippen LogP contribution in [0, 0.1) is 0 Å². The minimum Gasteiger partial charge on any atom is -0.335 e. The van der Waals surface area contributed by atoms with Gasteiger partial charge in [0.2, 0.25) is 5.91 Å². The van der Waals surface area contributed by atoms with Crippen LogP contribution in [-0.2, 0) is 11.3 Å². The molecular weight excluding hydrogens is 248 g/mol. The van der Waals surface area contributed by atoms with Crippen LogP contribution in [0.5, 0.6) is 0 Å². The van der Waals surface area contributed by atoms with Gasteiger partial charge in [-0.25, -0.2) is 0 Å². The van der Waals surface area contributed by atoms with Crippen molar-refractivity contribution in [3.8, 4) is 0 Å². The molecule has 2 rings (SSSR count). The molecule has 0 radical (unpaired) electrons. The third-order valence-corrected chi connectivity index (χ3v) is 3.90. The Morgan fingerprint density at radius 2 is 1.95 bits per heavy atom. The van der Waals surface area contributed by atoms with Crippen LogP contribution in [0.25, 0.3) is 0 Å². The third-order valence-electron chi connectivity index (χ3n) is 3.90. The lowest BCUT2D eigenvalue weighted by atomic mass is 10.0. The first-order valence-corrected chi connectivity index (χ1v) is 7.64. The molecule has 0 aromatic heterocycles. The zero-order valence-electron chi connectivity index (χ0n) is 12.9. The zero-order chi connectivity index (χ0) is 14.5. The minimum atomic E-state index is 0.273. The molecule has 1 N–H and O–H groups in total. The summed E-state index contributed by atoms with van der Waals surface area (Å²) in [6.45, 7) is 5.92. The highest BCUT2D eigenvalue weighted by Crippen LogP contribution is 2.29. The van der Waals surface area contributed by atoms with Gasteiger partial charge in [-0.1, -0.05) is 38.1 Å². The Balaban J connectivity index is 1.99. The third kappa shape index (κ3) is 4.07. The van der Waals surface area contributed by atoms with E-state index in [1.165, 1.54) is 11.1 Å². The first-order chi connectivity index (χ1) is 9.61. The van der Waals surface area contributed by atoms with Gasteiger partial charge in [0, 0.05) is 25.6 Å². The summed E-state index contributed by atoms with van der Waals surface area (Å²) in [5.74, 6) is 0.829. The summed E-state index contributed by atoms with van der Waals surface area (Å²) < 4.78 is 0. The van der Waals surface area contributed by atoms with Crippen molar-refractivity contribution in [2.75, 3.05) is 13.6 Å². The Morgan fingerprint density at radius 3 is 2.45 bits per heavy atom. The second-order valence-corrected chi connectivity index (χ2v) is 6.00. The van der Waals surface area contributed by atoms with Crippen LogP contribution in [0.15, 0.2) is 24.3 Å². The number of nitrogens with one attached hydrogen (secondary N) is 1. The van der Waals surface area contributed by atoms with Gasteiger partial charge < -0.3 is 10.2 Å². The molecule has 1 aliphatic carbocycles. The highest BCUT2D eigenvalue weighted by atomic mass is 16.2. The number of hydrogen-bond donors (Lipinski definition) is 1. The summed E-state index contributed by atoms with van der Waals surface area (Å²) in [4.78, 5) is 14.3. The monoisotopic (exact) mass is 274 g/mol. The fraction of sp³-hybridized carbons (Fsp3) is 0.588. The van der Waals surface area contributed by atoms with Crippen molar-refractivity contribution in [2.24, 2.45) is 0 Å². The number of rotatable bonds is 7. The summed E-state index contributed by atoms with van der Waals surface area (Å²) in [7, 11) is 1.89. The fourth-order valence-corrected chi connectivity index (χ4v) is 2.39. The molecule has 0 unspecified atom stereocenters. The largest absolute Gasteiger partial charge is 0.335 e. The van der Waals surface area contributed by atoms with E-state index < -0.39 is 0 Å². The SMILES string of the molecule is CNCCC(=O)N(Cc1ccc(C(C)C)cc1)C1CC1. The highest BCUT2D eigenvalue weighted by Gasteiger charge is 2.31. The van der Waals surface area contributed by atoms with Crippen LogP contribution in [0.2, 0.25) is 0 Å². The summed E-state index contributed by atoms with van der Waals surface area (Å²) in [6, 6.07) is 9.17. The molecule has 0 saturated heterocycles. The molecule has 0 heterocycles. The number of amides is 1. The summed E-state index contributed by atoms with van der Waals surface area (Å²) in [5, 5.41) is 3.05. The van der Waals surface area contributed by atoms with Crippen LogP contribution >= 0.6 is 0 Å². The zero-order valence-corrected chi connectivity index (χ0v) is 12.9. The van der Waals surface area contributed by atoms with E-state index in [9.17, 15) is 4.79 Å². The Bertz CT molecular complexity index is 435. The predicted octanol–water partition coefficient (Wildman–Crippen LogP) is 2.91. The molecule has 1 aliphatic rings. The van der Waals surface area contributed by atoms with Gasteiger partial charge in [0.25, 0.3) is 0 Å². The molecular formula is C17H26N2O. The lowest BCUT2D eigenvalue weighted by Crippen LogP contribution is -2.34. The molecule has 1 fully saturated rings. The van der Waals surface area contributed by atoms with Crippen molar-refractivity contribution in [2.45, 2.75) is 51.6 Å². The number of carbonyl (C=O) groups is 1. The van der Waals surface area contributed by atoms with E-state index in [2.05, 4.69) is 48.3 Å². The fourth-order valence-electron chi connectivity index (χ4n) is 2.39. The van der Waals surface area contributed by atoms with Crippen molar-refractivity contribution < 1.29 is 4.79 Å². The van der Waals surface area contributed by atoms with Gasteiger partial charge in [-0.05, 0) is 36.9 Å². The van der Waals surface area contributed by atoms with Crippen LogP contribution in [0.1, 0.15) is 50.2 Å². The predicted molar refractivity (Wildman–Crippen MR) is 82.6 cm³/mol. The van der Waals surface area contributed by atoms with Crippen molar-refractivity contribution in [3.05, 3.63) is 35.4 Å². The summed E-state index contributed by atoms with van der Waals surface area (Å²) in [5.41, 5.74) is 2.59. The highest BCUT2D eigenvalue weighted by molar-refractivity contribution is 5.77. The minimum absolute atomic E-state index is 0.273. The molecule has 1 aromatic rings. The van der Waals surface area contributed by atoms with Crippen LogP contribution in [0.3, 0.4) is 0 Å². The van der Waals surface area contributed by atoms with Gasteiger partial charge in [0.15, 0.2) is 0 Å². The molecule has 3 heteroatoms. The van der Waals surface area contributed by atoms with Crippen LogP contribution in [0.4, 0.5) is 0 Å². The first kappa shape index (κ1) is 15.0. The molecule has 0 aliphatic heterocycles. The molecule has 0 bridgehead atoms. The van der Waals surface area contributed by atoms with Gasteiger partial charge in [-0.3, -0.25) is 4.79 Å². The topological polar surface area (TPSA) is 32.3 Å². The van der Waals surface area contributed by atoms with Crippen LogP contribution in [-0.4, -0.2) is 30.4 Å². The second-order valence-electron chi connectivity index (χ2n) is 6.00. The van der Waals surface area contributed by atoms with E-state index in [0.29, 0.717) is 18.4 Å². The first-order valence-electron chi connectivity index (χ1n) is 7.64. The van der Waals surface area contributed by atoms with Crippen molar-refractivity contribution in [1.82, 2.24) is 10.2 Å². The van der Waals surface area contributed by atoms with Crippen molar-refractivity contribution in [3.63, 3.8) is 0 Å². The second kappa shape index (κ2) is 6.89. The molecule has 1 aromatic carbocycles.